The van der Waals surface area contributed by atoms with Crippen LogP contribution in [0.3, 0.4) is 0 Å². The molecule has 5 nitrogen and oxygen atoms in total. The van der Waals surface area contributed by atoms with Crippen LogP contribution < -0.4 is 0 Å². The van der Waals surface area contributed by atoms with Crippen LogP contribution >= 0.6 is 0 Å². The Bertz CT molecular complexity index is 280. The van der Waals surface area contributed by atoms with Crippen molar-refractivity contribution in [2.24, 2.45) is 0 Å². The Balaban J connectivity index is 0. The van der Waals surface area contributed by atoms with Gasteiger partial charge in [0.2, 0.25) is 0 Å². The quantitative estimate of drug-likeness (QED) is 0.594. The van der Waals surface area contributed by atoms with E-state index in [1.54, 1.807) is 0 Å². The molecule has 95 valence electrons. The van der Waals surface area contributed by atoms with Gasteiger partial charge in [-0.15, -0.1) is 0 Å². The average Bonchev–Trinajstić information content (AvgIpc) is 2.51. The molecule has 0 amide bonds. The summed E-state index contributed by atoms with van der Waals surface area (Å²) < 4.78 is 26.9. The molecule has 0 spiro atoms. The van der Waals surface area contributed by atoms with E-state index < -0.39 is 10.1 Å². The SMILES string of the molecule is CCN1C=CN(C)C1.CCS(=O)(=O)O.[Cu]. The normalized spacial score (nSPS) is 14.4. The van der Waals surface area contributed by atoms with E-state index in [4.69, 9.17) is 4.55 Å². The van der Waals surface area contributed by atoms with Crippen molar-refractivity contribution in [2.75, 3.05) is 26.0 Å². The zero-order valence-electron chi connectivity index (χ0n) is 9.14. The molecule has 1 aliphatic rings. The van der Waals surface area contributed by atoms with E-state index >= 15 is 0 Å². The van der Waals surface area contributed by atoms with Crippen LogP contribution in [0.1, 0.15) is 13.8 Å². The van der Waals surface area contributed by atoms with Gasteiger partial charge in [0.15, 0.2) is 0 Å². The van der Waals surface area contributed by atoms with Gasteiger partial charge in [-0.3, -0.25) is 4.55 Å². The predicted octanol–water partition coefficient (Wildman–Crippen LogP) is 0.574. The first kappa shape index (κ1) is 17.2. The van der Waals surface area contributed by atoms with Crippen molar-refractivity contribution in [3.05, 3.63) is 12.4 Å². The first-order chi connectivity index (χ1) is 6.39. The van der Waals surface area contributed by atoms with E-state index in [2.05, 4.69) is 36.2 Å². The zero-order valence-corrected chi connectivity index (χ0v) is 10.9. The third-order valence-electron chi connectivity index (χ3n) is 1.71. The maximum Gasteiger partial charge on any atom is 0.264 e. The summed E-state index contributed by atoms with van der Waals surface area (Å²) >= 11 is 0. The standard InChI is InChI=1S/C6H12N2.C2H6O3S.Cu/c1-3-8-5-4-7(2)6-8;1-2-6(3,4)5;/h4-5H,3,6H2,1-2H3;2H2,1H3,(H,3,4,5);. The Kier molecular flexibility index (Phi) is 9.14. The molecule has 1 aliphatic heterocycles. The van der Waals surface area contributed by atoms with Gasteiger partial charge >= 0.3 is 0 Å². The second kappa shape index (κ2) is 7.98. The molecule has 0 aromatic rings. The van der Waals surface area contributed by atoms with Crippen molar-refractivity contribution in [3.63, 3.8) is 0 Å². The molecular formula is C8H18CuN2O3S. The van der Waals surface area contributed by atoms with Crippen LogP contribution in [0.2, 0.25) is 0 Å². The van der Waals surface area contributed by atoms with Crippen LogP contribution in [-0.2, 0) is 27.2 Å². The number of nitrogens with zero attached hydrogens (tertiary/aromatic N) is 2. The predicted molar refractivity (Wildman–Crippen MR) is 56.2 cm³/mol. The molecule has 1 rings (SSSR count). The van der Waals surface area contributed by atoms with E-state index in [9.17, 15) is 8.42 Å². The van der Waals surface area contributed by atoms with Gasteiger partial charge in [0.1, 0.15) is 0 Å². The Morgan fingerprint density at radius 3 is 1.93 bits per heavy atom. The molecule has 1 N–H and O–H groups in total. The molecule has 1 heterocycles. The van der Waals surface area contributed by atoms with E-state index in [1.807, 2.05) is 0 Å². The largest absolute Gasteiger partial charge is 0.362 e. The third kappa shape index (κ3) is 10.1. The minimum absolute atomic E-state index is 0. The summed E-state index contributed by atoms with van der Waals surface area (Å²) in [5.74, 6) is -0.201. The van der Waals surface area contributed by atoms with Crippen molar-refractivity contribution in [1.29, 1.82) is 0 Å². The summed E-state index contributed by atoms with van der Waals surface area (Å²) in [5.41, 5.74) is 0. The molecule has 15 heavy (non-hydrogen) atoms. The van der Waals surface area contributed by atoms with Gasteiger partial charge in [-0.2, -0.15) is 8.42 Å². The summed E-state index contributed by atoms with van der Waals surface area (Å²) in [6.45, 7) is 5.69. The minimum atomic E-state index is -3.66. The van der Waals surface area contributed by atoms with Crippen LogP contribution in [0.25, 0.3) is 0 Å². The molecule has 7 heteroatoms. The molecule has 0 atom stereocenters. The fraction of sp³-hybridized carbons (Fsp3) is 0.750. The van der Waals surface area contributed by atoms with Gasteiger partial charge in [-0.25, -0.2) is 0 Å². The van der Waals surface area contributed by atoms with Crippen molar-refractivity contribution in [1.82, 2.24) is 9.80 Å². The van der Waals surface area contributed by atoms with Crippen LogP contribution in [0.5, 0.6) is 0 Å². The summed E-state index contributed by atoms with van der Waals surface area (Å²) in [5, 5.41) is 0. The summed E-state index contributed by atoms with van der Waals surface area (Å²) in [6.07, 6.45) is 4.20. The minimum Gasteiger partial charge on any atom is -0.362 e. The zero-order chi connectivity index (χ0) is 11.2. The van der Waals surface area contributed by atoms with Gasteiger partial charge in [-0.1, -0.05) is 0 Å². The third-order valence-corrected chi connectivity index (χ3v) is 2.44. The fourth-order valence-electron chi connectivity index (χ4n) is 0.794. The Labute approximate surface area is 102 Å². The smallest absolute Gasteiger partial charge is 0.264 e. The molecule has 0 unspecified atom stereocenters. The van der Waals surface area contributed by atoms with Crippen molar-refractivity contribution in [3.8, 4) is 0 Å². The number of rotatable bonds is 2. The Morgan fingerprint density at radius 1 is 1.33 bits per heavy atom. The van der Waals surface area contributed by atoms with Gasteiger partial charge in [-0.05, 0) is 13.8 Å². The van der Waals surface area contributed by atoms with Crippen LogP contribution in [0.15, 0.2) is 12.4 Å². The fourth-order valence-corrected chi connectivity index (χ4v) is 0.794. The molecular weight excluding hydrogens is 268 g/mol. The first-order valence-electron chi connectivity index (χ1n) is 4.46. The molecule has 0 aliphatic carbocycles. The van der Waals surface area contributed by atoms with E-state index in [0.29, 0.717) is 0 Å². The van der Waals surface area contributed by atoms with E-state index in [1.165, 1.54) is 6.92 Å². The van der Waals surface area contributed by atoms with Crippen LogP contribution in [0.4, 0.5) is 0 Å². The average molecular weight is 286 g/mol. The summed E-state index contributed by atoms with van der Waals surface area (Å²) in [4.78, 5) is 4.41. The van der Waals surface area contributed by atoms with E-state index in [0.717, 1.165) is 13.2 Å². The maximum absolute atomic E-state index is 9.56. The summed E-state index contributed by atoms with van der Waals surface area (Å²) in [6, 6.07) is 0. The second-order valence-electron chi connectivity index (χ2n) is 2.97. The van der Waals surface area contributed by atoms with Crippen molar-refractivity contribution < 1.29 is 30.0 Å². The molecule has 0 saturated heterocycles. The monoisotopic (exact) mass is 285 g/mol. The molecule has 0 aromatic carbocycles. The number of hydrogen-bond donors (Lipinski definition) is 1. The number of hydrogen-bond acceptors (Lipinski definition) is 4. The second-order valence-corrected chi connectivity index (χ2v) is 4.71. The molecule has 1 radical (unpaired) electrons. The Morgan fingerprint density at radius 2 is 1.80 bits per heavy atom. The molecule has 0 bridgehead atoms. The van der Waals surface area contributed by atoms with Gasteiger partial charge in [0.25, 0.3) is 10.1 Å². The van der Waals surface area contributed by atoms with Crippen molar-refractivity contribution >= 4 is 10.1 Å². The maximum atomic E-state index is 9.56. The van der Waals surface area contributed by atoms with Crippen molar-refractivity contribution in [2.45, 2.75) is 13.8 Å². The van der Waals surface area contributed by atoms with Gasteiger partial charge in [0.05, 0.1) is 12.4 Å². The molecule has 0 aromatic heterocycles. The van der Waals surface area contributed by atoms with Crippen LogP contribution in [0, 0.1) is 0 Å². The van der Waals surface area contributed by atoms with E-state index in [-0.39, 0.29) is 22.8 Å². The molecule has 0 fully saturated rings. The topological polar surface area (TPSA) is 60.9 Å². The Hall–Kier alpha value is -0.231. The van der Waals surface area contributed by atoms with Gasteiger partial charge in [0, 0.05) is 43.1 Å². The van der Waals surface area contributed by atoms with Gasteiger partial charge < -0.3 is 9.80 Å². The van der Waals surface area contributed by atoms with Crippen LogP contribution in [-0.4, -0.2) is 48.8 Å². The first-order valence-corrected chi connectivity index (χ1v) is 6.07. The summed E-state index contributed by atoms with van der Waals surface area (Å²) in [7, 11) is -1.59. The molecule has 0 saturated carbocycles.